The van der Waals surface area contributed by atoms with Gasteiger partial charge in [0.05, 0.1) is 5.92 Å². The number of pyridine rings is 1. The molecule has 158 valence electrons. The number of benzene rings is 2. The highest BCUT2D eigenvalue weighted by Crippen LogP contribution is 2.28. The highest BCUT2D eigenvalue weighted by molar-refractivity contribution is 7.98. The van der Waals surface area contributed by atoms with Crippen LogP contribution in [0.5, 0.6) is 0 Å². The lowest BCUT2D eigenvalue weighted by molar-refractivity contribution is -0.122. The van der Waals surface area contributed by atoms with Crippen molar-refractivity contribution in [2.24, 2.45) is 5.92 Å². The van der Waals surface area contributed by atoms with Gasteiger partial charge in [0.1, 0.15) is 0 Å². The Hall–Kier alpha value is -2.77. The molecule has 31 heavy (non-hydrogen) atoms. The molecular formula is C24H23N3O2S2. The van der Waals surface area contributed by atoms with Crippen molar-refractivity contribution in [1.29, 1.82) is 0 Å². The lowest BCUT2D eigenvalue weighted by Gasteiger charge is -2.17. The number of hydrogen-bond donors (Lipinski definition) is 1. The highest BCUT2D eigenvalue weighted by atomic mass is 32.2. The van der Waals surface area contributed by atoms with Crippen LogP contribution in [0.1, 0.15) is 12.0 Å². The van der Waals surface area contributed by atoms with Crippen LogP contribution >= 0.6 is 23.5 Å². The fraction of sp³-hybridized carbons (Fsp3) is 0.208. The molecule has 1 saturated heterocycles. The van der Waals surface area contributed by atoms with E-state index in [2.05, 4.69) is 16.4 Å². The van der Waals surface area contributed by atoms with Gasteiger partial charge in [-0.05, 0) is 66.4 Å². The molecule has 1 N–H and O–H groups in total. The minimum atomic E-state index is -0.354. The third kappa shape index (κ3) is 5.48. The van der Waals surface area contributed by atoms with Crippen LogP contribution in [0.15, 0.2) is 82.8 Å². The van der Waals surface area contributed by atoms with Gasteiger partial charge in [-0.25, -0.2) is 0 Å². The number of hydrogen-bond acceptors (Lipinski definition) is 5. The Morgan fingerprint density at radius 3 is 2.52 bits per heavy atom. The zero-order valence-electron chi connectivity index (χ0n) is 17.2. The second kappa shape index (κ2) is 10.0. The monoisotopic (exact) mass is 449 g/mol. The van der Waals surface area contributed by atoms with Crippen molar-refractivity contribution in [3.63, 3.8) is 0 Å². The number of nitrogens with one attached hydrogen (secondary N) is 1. The van der Waals surface area contributed by atoms with Gasteiger partial charge in [-0.3, -0.25) is 14.6 Å². The summed E-state index contributed by atoms with van der Waals surface area (Å²) in [6.45, 7) is 0.405. The molecule has 0 saturated carbocycles. The number of carbonyl (C=O) groups excluding carboxylic acids is 2. The van der Waals surface area contributed by atoms with E-state index in [-0.39, 0.29) is 24.2 Å². The summed E-state index contributed by atoms with van der Waals surface area (Å²) in [7, 11) is 0. The van der Waals surface area contributed by atoms with E-state index in [1.54, 1.807) is 34.6 Å². The van der Waals surface area contributed by atoms with Crippen molar-refractivity contribution in [2.45, 2.75) is 22.0 Å². The summed E-state index contributed by atoms with van der Waals surface area (Å²) in [6, 6.07) is 19.6. The summed E-state index contributed by atoms with van der Waals surface area (Å²) in [5, 5.41) is 2.96. The summed E-state index contributed by atoms with van der Waals surface area (Å²) in [6.07, 6.45) is 5.88. The normalized spacial score (nSPS) is 15.8. The first kappa shape index (κ1) is 21.5. The molecule has 7 heteroatoms. The van der Waals surface area contributed by atoms with Crippen LogP contribution in [0.25, 0.3) is 0 Å². The molecule has 3 aromatic rings. The van der Waals surface area contributed by atoms with E-state index in [4.69, 9.17) is 0 Å². The van der Waals surface area contributed by atoms with E-state index in [9.17, 15) is 9.59 Å². The molecule has 0 aliphatic carbocycles. The fourth-order valence-corrected chi connectivity index (χ4v) is 4.66. The zero-order valence-corrected chi connectivity index (χ0v) is 18.8. The van der Waals surface area contributed by atoms with Crippen molar-refractivity contribution in [1.82, 2.24) is 4.98 Å². The minimum absolute atomic E-state index is 0.0146. The van der Waals surface area contributed by atoms with Crippen LogP contribution in [0.2, 0.25) is 0 Å². The molecule has 2 heterocycles. The van der Waals surface area contributed by atoms with Gasteiger partial charge in [-0.1, -0.05) is 6.07 Å². The Balaban J connectivity index is 1.32. The molecule has 5 nitrogen and oxygen atoms in total. The molecule has 1 atom stereocenters. The van der Waals surface area contributed by atoms with Gasteiger partial charge in [0.15, 0.2) is 0 Å². The van der Waals surface area contributed by atoms with Gasteiger partial charge < -0.3 is 10.2 Å². The summed E-state index contributed by atoms with van der Waals surface area (Å²) < 4.78 is 0. The topological polar surface area (TPSA) is 62.3 Å². The fourth-order valence-electron chi connectivity index (χ4n) is 3.42. The van der Waals surface area contributed by atoms with Crippen molar-refractivity contribution < 1.29 is 9.59 Å². The lowest BCUT2D eigenvalue weighted by atomic mass is 10.1. The van der Waals surface area contributed by atoms with Crippen LogP contribution in [-0.4, -0.2) is 29.6 Å². The Morgan fingerprint density at radius 1 is 1.10 bits per heavy atom. The van der Waals surface area contributed by atoms with Gasteiger partial charge in [0.25, 0.3) is 0 Å². The van der Waals surface area contributed by atoms with E-state index in [1.165, 1.54) is 5.56 Å². The number of carbonyl (C=O) groups is 2. The predicted molar refractivity (Wildman–Crippen MR) is 128 cm³/mol. The average Bonchev–Trinajstić information content (AvgIpc) is 3.21. The molecule has 1 aliphatic rings. The molecular weight excluding hydrogens is 426 g/mol. The Morgan fingerprint density at radius 2 is 1.84 bits per heavy atom. The van der Waals surface area contributed by atoms with Crippen molar-refractivity contribution in [3.05, 3.63) is 78.6 Å². The first-order valence-corrected chi connectivity index (χ1v) is 12.2. The van der Waals surface area contributed by atoms with Crippen LogP contribution in [0, 0.1) is 5.92 Å². The molecule has 1 aromatic heterocycles. The van der Waals surface area contributed by atoms with Crippen LogP contribution in [0.4, 0.5) is 11.4 Å². The minimum Gasteiger partial charge on any atom is -0.326 e. The first-order chi connectivity index (χ1) is 15.1. The van der Waals surface area contributed by atoms with Gasteiger partial charge in [-0.15, -0.1) is 23.5 Å². The summed E-state index contributed by atoms with van der Waals surface area (Å²) in [4.78, 5) is 33.3. The van der Waals surface area contributed by atoms with Crippen LogP contribution in [-0.2, 0) is 15.3 Å². The van der Waals surface area contributed by atoms with Gasteiger partial charge in [0, 0.05) is 52.3 Å². The number of anilines is 2. The number of rotatable bonds is 7. The van der Waals surface area contributed by atoms with Crippen LogP contribution < -0.4 is 10.2 Å². The SMILES string of the molecule is CSc1ccc(N2C[C@H](C(=O)Nc3ccc(SCc4cccnc4)cc3)CC2=O)cc1. The molecule has 1 fully saturated rings. The Bertz CT molecular complexity index is 1040. The Labute approximate surface area is 190 Å². The molecule has 4 rings (SSSR count). The van der Waals surface area contributed by atoms with Gasteiger partial charge in [-0.2, -0.15) is 0 Å². The Kier molecular flexibility index (Phi) is 6.94. The summed E-state index contributed by atoms with van der Waals surface area (Å²) >= 11 is 3.38. The largest absolute Gasteiger partial charge is 0.326 e. The molecule has 0 spiro atoms. The zero-order chi connectivity index (χ0) is 21.6. The summed E-state index contributed by atoms with van der Waals surface area (Å²) in [5.41, 5.74) is 2.75. The molecule has 1 aliphatic heterocycles. The highest BCUT2D eigenvalue weighted by Gasteiger charge is 2.35. The first-order valence-electron chi connectivity index (χ1n) is 9.99. The van der Waals surface area contributed by atoms with Gasteiger partial charge >= 0.3 is 0 Å². The molecule has 0 unspecified atom stereocenters. The standard InChI is InChI=1S/C24H23N3O2S2/c1-30-21-10-6-20(7-11-21)27-15-18(13-23(27)28)24(29)26-19-4-8-22(9-5-19)31-16-17-3-2-12-25-14-17/h2-12,14,18H,13,15-16H2,1H3,(H,26,29)/t18-/m1/s1. The molecule has 0 radical (unpaired) electrons. The van der Waals surface area contributed by atoms with Crippen LogP contribution in [0.3, 0.4) is 0 Å². The van der Waals surface area contributed by atoms with Crippen molar-refractivity contribution in [3.8, 4) is 0 Å². The third-order valence-electron chi connectivity index (χ3n) is 5.13. The number of nitrogens with zero attached hydrogens (tertiary/aromatic N) is 2. The number of aromatic nitrogens is 1. The summed E-state index contributed by atoms with van der Waals surface area (Å²) in [5.74, 6) is 0.358. The predicted octanol–water partition coefficient (Wildman–Crippen LogP) is 5.09. The quantitative estimate of drug-likeness (QED) is 0.509. The van der Waals surface area contributed by atoms with E-state index in [0.29, 0.717) is 6.54 Å². The second-order valence-electron chi connectivity index (χ2n) is 7.27. The average molecular weight is 450 g/mol. The second-order valence-corrected chi connectivity index (χ2v) is 9.20. The third-order valence-corrected chi connectivity index (χ3v) is 6.96. The van der Waals surface area contributed by atoms with E-state index < -0.39 is 0 Å². The van der Waals surface area contributed by atoms with E-state index in [0.717, 1.165) is 26.9 Å². The number of amides is 2. The van der Waals surface area contributed by atoms with E-state index in [1.807, 2.05) is 67.0 Å². The molecule has 0 bridgehead atoms. The van der Waals surface area contributed by atoms with E-state index >= 15 is 0 Å². The maximum Gasteiger partial charge on any atom is 0.229 e. The van der Waals surface area contributed by atoms with Gasteiger partial charge in [0.2, 0.25) is 11.8 Å². The molecule has 2 amide bonds. The number of thioether (sulfide) groups is 2. The smallest absolute Gasteiger partial charge is 0.229 e. The lowest BCUT2D eigenvalue weighted by Crippen LogP contribution is -2.28. The molecule has 2 aromatic carbocycles. The van der Waals surface area contributed by atoms with Crippen molar-refractivity contribution in [2.75, 3.05) is 23.0 Å². The maximum atomic E-state index is 12.7. The van der Waals surface area contributed by atoms with Crippen molar-refractivity contribution >= 4 is 46.7 Å². The maximum absolute atomic E-state index is 12.7.